The molecule has 7 heteroatoms. The van der Waals surface area contributed by atoms with E-state index in [0.717, 1.165) is 23.5 Å². The number of unbranched alkanes of at least 4 members (excludes halogenated alkanes) is 1. The number of pyridine rings is 1. The van der Waals surface area contributed by atoms with E-state index in [4.69, 9.17) is 4.74 Å². The number of sulfonamides is 1. The molecule has 0 unspecified atom stereocenters. The third kappa shape index (κ3) is 5.45. The van der Waals surface area contributed by atoms with Crippen molar-refractivity contribution >= 4 is 27.2 Å². The first-order chi connectivity index (χ1) is 11.0. The van der Waals surface area contributed by atoms with Crippen LogP contribution in [0.15, 0.2) is 42.6 Å². The van der Waals surface area contributed by atoms with Crippen LogP contribution in [0.5, 0.6) is 5.75 Å². The molecule has 1 heterocycles. The van der Waals surface area contributed by atoms with Crippen LogP contribution in [0.1, 0.15) is 19.8 Å². The second-order valence-electron chi connectivity index (χ2n) is 5.06. The van der Waals surface area contributed by atoms with E-state index in [1.165, 1.54) is 0 Å². The van der Waals surface area contributed by atoms with Crippen molar-refractivity contribution in [3.63, 3.8) is 0 Å². The average Bonchev–Trinajstić information content (AvgIpc) is 2.55. The van der Waals surface area contributed by atoms with Gasteiger partial charge in [0.15, 0.2) is 0 Å². The van der Waals surface area contributed by atoms with Crippen molar-refractivity contribution in [3.05, 3.63) is 42.6 Å². The van der Waals surface area contributed by atoms with Gasteiger partial charge in [-0.25, -0.2) is 13.4 Å². The number of anilines is 3. The molecule has 0 saturated carbocycles. The molecule has 1 aromatic carbocycles. The van der Waals surface area contributed by atoms with E-state index in [1.807, 2.05) is 31.2 Å². The molecule has 6 nitrogen and oxygen atoms in total. The molecule has 124 valence electrons. The fourth-order valence-corrected chi connectivity index (χ4v) is 3.15. The number of methoxy groups -OCH3 is 1. The summed E-state index contributed by atoms with van der Waals surface area (Å²) >= 11 is 0. The van der Waals surface area contributed by atoms with Crippen molar-refractivity contribution in [2.24, 2.45) is 0 Å². The van der Waals surface area contributed by atoms with Crippen LogP contribution in [-0.2, 0) is 10.0 Å². The number of hydrogen-bond donors (Lipinski definition) is 2. The van der Waals surface area contributed by atoms with E-state index >= 15 is 0 Å². The van der Waals surface area contributed by atoms with Crippen LogP contribution in [0.25, 0.3) is 0 Å². The highest BCUT2D eigenvalue weighted by molar-refractivity contribution is 7.92. The van der Waals surface area contributed by atoms with Crippen LogP contribution in [0.3, 0.4) is 0 Å². The number of aromatic nitrogens is 1. The Morgan fingerprint density at radius 2 is 2.00 bits per heavy atom. The molecule has 0 aliphatic heterocycles. The monoisotopic (exact) mass is 335 g/mol. The zero-order chi connectivity index (χ0) is 16.7. The van der Waals surface area contributed by atoms with E-state index in [-0.39, 0.29) is 5.75 Å². The highest BCUT2D eigenvalue weighted by Crippen LogP contribution is 2.21. The van der Waals surface area contributed by atoms with Crippen molar-refractivity contribution in [1.29, 1.82) is 0 Å². The van der Waals surface area contributed by atoms with E-state index in [9.17, 15) is 8.42 Å². The van der Waals surface area contributed by atoms with E-state index in [1.54, 1.807) is 25.4 Å². The van der Waals surface area contributed by atoms with Gasteiger partial charge in [-0.15, -0.1) is 0 Å². The molecular formula is C16H21N3O3S. The second kappa shape index (κ2) is 7.82. The summed E-state index contributed by atoms with van der Waals surface area (Å²) in [4.78, 5) is 4.13. The maximum Gasteiger partial charge on any atom is 0.233 e. The van der Waals surface area contributed by atoms with Gasteiger partial charge in [-0.05, 0) is 30.7 Å². The van der Waals surface area contributed by atoms with Crippen LogP contribution in [0, 0.1) is 0 Å². The fourth-order valence-electron chi connectivity index (χ4n) is 1.94. The summed E-state index contributed by atoms with van der Waals surface area (Å²) in [5, 5.41) is 3.18. The zero-order valence-corrected chi connectivity index (χ0v) is 14.1. The third-order valence-corrected chi connectivity index (χ3v) is 4.49. The number of ether oxygens (including phenoxy) is 1. The van der Waals surface area contributed by atoms with Crippen LogP contribution >= 0.6 is 0 Å². The van der Waals surface area contributed by atoms with Crippen molar-refractivity contribution in [2.75, 3.05) is 22.9 Å². The normalized spacial score (nSPS) is 11.0. The fraction of sp³-hybridized carbons (Fsp3) is 0.312. The molecule has 2 N–H and O–H groups in total. The predicted molar refractivity (Wildman–Crippen MR) is 92.8 cm³/mol. The van der Waals surface area contributed by atoms with Crippen molar-refractivity contribution in [1.82, 2.24) is 4.98 Å². The standard InChI is InChI=1S/C16H21N3O3S/c1-3-4-10-23(20,21)19-16-9-8-14(12-17-16)18-13-6-5-7-15(11-13)22-2/h5-9,11-12,18H,3-4,10H2,1-2H3,(H,17,19). The average molecular weight is 335 g/mol. The van der Waals surface area contributed by atoms with Gasteiger partial charge in [0.2, 0.25) is 10.0 Å². The Balaban J connectivity index is 2.01. The van der Waals surface area contributed by atoms with Crippen molar-refractivity contribution in [3.8, 4) is 5.75 Å². The Bertz CT molecular complexity index is 730. The number of nitrogens with one attached hydrogen (secondary N) is 2. The zero-order valence-electron chi connectivity index (χ0n) is 13.2. The Hall–Kier alpha value is -2.28. The molecule has 0 radical (unpaired) electrons. The molecular weight excluding hydrogens is 314 g/mol. The van der Waals surface area contributed by atoms with Crippen LogP contribution in [0.4, 0.5) is 17.2 Å². The third-order valence-electron chi connectivity index (χ3n) is 3.15. The molecule has 1 aromatic heterocycles. The highest BCUT2D eigenvalue weighted by atomic mass is 32.2. The van der Waals surface area contributed by atoms with Crippen LogP contribution in [-0.4, -0.2) is 26.3 Å². The summed E-state index contributed by atoms with van der Waals surface area (Å²) in [5.74, 6) is 1.18. The summed E-state index contributed by atoms with van der Waals surface area (Å²) in [5.41, 5.74) is 1.62. The minimum absolute atomic E-state index is 0.106. The highest BCUT2D eigenvalue weighted by Gasteiger charge is 2.10. The largest absolute Gasteiger partial charge is 0.497 e. The van der Waals surface area contributed by atoms with Gasteiger partial charge < -0.3 is 10.1 Å². The molecule has 0 fully saturated rings. The number of nitrogens with zero attached hydrogens (tertiary/aromatic N) is 1. The Kier molecular flexibility index (Phi) is 5.81. The van der Waals surface area contributed by atoms with E-state index < -0.39 is 10.0 Å². The molecule has 23 heavy (non-hydrogen) atoms. The number of benzene rings is 1. The van der Waals surface area contributed by atoms with Gasteiger partial charge >= 0.3 is 0 Å². The Morgan fingerprint density at radius 1 is 1.17 bits per heavy atom. The summed E-state index contributed by atoms with van der Waals surface area (Å²) in [6.45, 7) is 1.95. The van der Waals surface area contributed by atoms with Gasteiger partial charge in [-0.2, -0.15) is 0 Å². The maximum absolute atomic E-state index is 11.8. The lowest BCUT2D eigenvalue weighted by Gasteiger charge is -2.10. The lowest BCUT2D eigenvalue weighted by Crippen LogP contribution is -2.17. The first-order valence-corrected chi connectivity index (χ1v) is 9.05. The SMILES string of the molecule is CCCCS(=O)(=O)Nc1ccc(Nc2cccc(OC)c2)cn1. The topological polar surface area (TPSA) is 80.3 Å². The minimum atomic E-state index is -3.33. The van der Waals surface area contributed by atoms with Crippen LogP contribution < -0.4 is 14.8 Å². The molecule has 2 rings (SSSR count). The maximum atomic E-state index is 11.8. The van der Waals surface area contributed by atoms with Gasteiger partial charge in [-0.1, -0.05) is 19.4 Å². The Morgan fingerprint density at radius 3 is 2.65 bits per heavy atom. The number of rotatable bonds is 8. The summed E-state index contributed by atoms with van der Waals surface area (Å²) in [6.07, 6.45) is 3.04. The lowest BCUT2D eigenvalue weighted by atomic mass is 10.3. The van der Waals surface area contributed by atoms with Gasteiger partial charge in [0.25, 0.3) is 0 Å². The molecule has 0 amide bonds. The molecule has 0 saturated heterocycles. The van der Waals surface area contributed by atoms with E-state index in [2.05, 4.69) is 15.0 Å². The van der Waals surface area contributed by atoms with Gasteiger partial charge in [0.1, 0.15) is 11.6 Å². The van der Waals surface area contributed by atoms with Crippen molar-refractivity contribution < 1.29 is 13.2 Å². The second-order valence-corrected chi connectivity index (χ2v) is 6.91. The smallest absolute Gasteiger partial charge is 0.233 e. The first-order valence-electron chi connectivity index (χ1n) is 7.40. The van der Waals surface area contributed by atoms with Gasteiger partial charge in [-0.3, -0.25) is 4.72 Å². The minimum Gasteiger partial charge on any atom is -0.497 e. The molecule has 0 aliphatic carbocycles. The van der Waals surface area contributed by atoms with Gasteiger partial charge in [0.05, 0.1) is 24.7 Å². The summed E-state index contributed by atoms with van der Waals surface area (Å²) in [7, 11) is -1.72. The number of hydrogen-bond acceptors (Lipinski definition) is 5. The van der Waals surface area contributed by atoms with E-state index in [0.29, 0.717) is 12.2 Å². The first kappa shape index (κ1) is 17.1. The molecule has 0 aliphatic rings. The molecule has 0 spiro atoms. The molecule has 0 atom stereocenters. The van der Waals surface area contributed by atoms with Gasteiger partial charge in [0, 0.05) is 11.8 Å². The summed E-state index contributed by atoms with van der Waals surface area (Å²) in [6, 6.07) is 10.9. The van der Waals surface area contributed by atoms with Crippen molar-refractivity contribution in [2.45, 2.75) is 19.8 Å². The molecule has 2 aromatic rings. The Labute approximate surface area is 137 Å². The summed E-state index contributed by atoms with van der Waals surface area (Å²) < 4.78 is 31.3. The quantitative estimate of drug-likeness (QED) is 0.773. The van der Waals surface area contributed by atoms with Crippen LogP contribution in [0.2, 0.25) is 0 Å². The molecule has 0 bridgehead atoms. The lowest BCUT2D eigenvalue weighted by molar-refractivity contribution is 0.415. The predicted octanol–water partition coefficient (Wildman–Crippen LogP) is 3.38.